The van der Waals surface area contributed by atoms with Crippen LogP contribution in [0.3, 0.4) is 0 Å². The Hall–Kier alpha value is -2.43. The number of ether oxygens (including phenoxy) is 1. The quantitative estimate of drug-likeness (QED) is 0.603. The predicted molar refractivity (Wildman–Crippen MR) is 66.6 cm³/mol. The Morgan fingerprint density at radius 3 is 2.89 bits per heavy atom. The van der Waals surface area contributed by atoms with E-state index in [1.54, 1.807) is 17.0 Å². The topological polar surface area (TPSA) is 57.0 Å². The minimum atomic E-state index is -0.410. The van der Waals surface area contributed by atoms with Gasteiger partial charge in [-0.2, -0.15) is 0 Å². The third kappa shape index (κ3) is 3.28. The van der Waals surface area contributed by atoms with Gasteiger partial charge < -0.3 is 4.74 Å². The van der Waals surface area contributed by atoms with Crippen LogP contribution < -0.4 is 0 Å². The van der Waals surface area contributed by atoms with E-state index in [1.807, 2.05) is 30.3 Å². The van der Waals surface area contributed by atoms with Gasteiger partial charge in [0, 0.05) is 6.08 Å². The second-order valence-electron chi connectivity index (χ2n) is 3.68. The summed E-state index contributed by atoms with van der Waals surface area (Å²) >= 11 is 0. The van der Waals surface area contributed by atoms with Gasteiger partial charge in [-0.25, -0.2) is 9.48 Å². The summed E-state index contributed by atoms with van der Waals surface area (Å²) < 4.78 is 6.21. The number of nitrogens with zero attached hydrogens (tertiary/aromatic N) is 3. The highest BCUT2D eigenvalue weighted by atomic mass is 16.5. The maximum Gasteiger partial charge on any atom is 0.330 e. The number of benzene rings is 1. The van der Waals surface area contributed by atoms with E-state index in [9.17, 15) is 4.79 Å². The minimum absolute atomic E-state index is 0.410. The van der Waals surface area contributed by atoms with Crippen molar-refractivity contribution in [1.82, 2.24) is 15.0 Å². The summed E-state index contributed by atoms with van der Waals surface area (Å²) in [5, 5.41) is 7.92. The van der Waals surface area contributed by atoms with Crippen LogP contribution in [0.1, 0.15) is 11.3 Å². The van der Waals surface area contributed by atoms with E-state index < -0.39 is 5.97 Å². The fourth-order valence-corrected chi connectivity index (χ4v) is 1.46. The molecule has 18 heavy (non-hydrogen) atoms. The van der Waals surface area contributed by atoms with Crippen LogP contribution in [0, 0.1) is 0 Å². The Labute approximate surface area is 105 Å². The fourth-order valence-electron chi connectivity index (χ4n) is 1.46. The highest BCUT2D eigenvalue weighted by molar-refractivity contribution is 5.86. The molecule has 0 amide bonds. The maximum atomic E-state index is 10.9. The van der Waals surface area contributed by atoms with Crippen LogP contribution in [0.5, 0.6) is 0 Å². The van der Waals surface area contributed by atoms with E-state index in [1.165, 1.54) is 13.2 Å². The zero-order valence-electron chi connectivity index (χ0n) is 9.98. The Kier molecular flexibility index (Phi) is 3.86. The van der Waals surface area contributed by atoms with E-state index in [2.05, 4.69) is 15.0 Å². The van der Waals surface area contributed by atoms with Crippen molar-refractivity contribution in [2.24, 2.45) is 0 Å². The first kappa shape index (κ1) is 12.0. The number of methoxy groups -OCH3 is 1. The van der Waals surface area contributed by atoms with Gasteiger partial charge in [-0.15, -0.1) is 5.10 Å². The van der Waals surface area contributed by atoms with E-state index >= 15 is 0 Å². The van der Waals surface area contributed by atoms with Crippen molar-refractivity contribution in [2.45, 2.75) is 6.54 Å². The van der Waals surface area contributed by atoms with E-state index in [0.29, 0.717) is 12.2 Å². The number of rotatable bonds is 4. The molecule has 1 aromatic heterocycles. The number of hydrogen-bond donors (Lipinski definition) is 0. The molecular formula is C13H13N3O2. The molecule has 5 nitrogen and oxygen atoms in total. The first-order valence-corrected chi connectivity index (χ1v) is 5.48. The van der Waals surface area contributed by atoms with Crippen LogP contribution in [0.25, 0.3) is 6.08 Å². The molecule has 0 fully saturated rings. The highest BCUT2D eigenvalue weighted by Gasteiger charge is 1.99. The van der Waals surface area contributed by atoms with Crippen LogP contribution in [-0.2, 0) is 16.1 Å². The van der Waals surface area contributed by atoms with E-state index in [4.69, 9.17) is 0 Å². The lowest BCUT2D eigenvalue weighted by Gasteiger charge is -1.98. The molecule has 2 rings (SSSR count). The van der Waals surface area contributed by atoms with Gasteiger partial charge in [0.1, 0.15) is 5.69 Å². The molecule has 0 radical (unpaired) electrons. The maximum absolute atomic E-state index is 10.9. The molecule has 1 heterocycles. The van der Waals surface area contributed by atoms with Gasteiger partial charge in [-0.3, -0.25) is 0 Å². The minimum Gasteiger partial charge on any atom is -0.466 e. The largest absolute Gasteiger partial charge is 0.466 e. The zero-order valence-corrected chi connectivity index (χ0v) is 9.98. The van der Waals surface area contributed by atoms with Gasteiger partial charge in [0.25, 0.3) is 0 Å². The molecular weight excluding hydrogens is 230 g/mol. The SMILES string of the molecule is COC(=O)C=Cc1cn(Cc2ccccc2)nn1. The van der Waals surface area contributed by atoms with Gasteiger partial charge in [0.2, 0.25) is 0 Å². The Morgan fingerprint density at radius 2 is 2.17 bits per heavy atom. The normalized spacial score (nSPS) is 10.7. The molecule has 0 bridgehead atoms. The van der Waals surface area contributed by atoms with Gasteiger partial charge in [0.15, 0.2) is 0 Å². The van der Waals surface area contributed by atoms with Gasteiger partial charge >= 0.3 is 5.97 Å². The fraction of sp³-hybridized carbons (Fsp3) is 0.154. The van der Waals surface area contributed by atoms with Crippen molar-refractivity contribution in [3.63, 3.8) is 0 Å². The standard InChI is InChI=1S/C13H13N3O2/c1-18-13(17)8-7-12-10-16(15-14-12)9-11-5-3-2-4-6-11/h2-8,10H,9H2,1H3. The smallest absolute Gasteiger partial charge is 0.330 e. The van der Waals surface area contributed by atoms with Crippen molar-refractivity contribution >= 4 is 12.0 Å². The number of hydrogen-bond acceptors (Lipinski definition) is 4. The first-order chi connectivity index (χ1) is 8.78. The summed E-state index contributed by atoms with van der Waals surface area (Å²) in [6.07, 6.45) is 4.66. The van der Waals surface area contributed by atoms with Crippen molar-refractivity contribution < 1.29 is 9.53 Å². The molecule has 0 saturated heterocycles. The lowest BCUT2D eigenvalue weighted by atomic mass is 10.2. The summed E-state index contributed by atoms with van der Waals surface area (Å²) in [6, 6.07) is 9.96. The van der Waals surface area contributed by atoms with Crippen molar-refractivity contribution in [1.29, 1.82) is 0 Å². The molecule has 0 spiro atoms. The molecule has 2 aromatic rings. The molecule has 0 atom stereocenters. The average molecular weight is 243 g/mol. The van der Waals surface area contributed by atoms with E-state index in [0.717, 1.165) is 5.56 Å². The third-order valence-electron chi connectivity index (χ3n) is 2.34. The highest BCUT2D eigenvalue weighted by Crippen LogP contribution is 2.03. The zero-order chi connectivity index (χ0) is 12.8. The monoisotopic (exact) mass is 243 g/mol. The predicted octanol–water partition coefficient (Wildman–Crippen LogP) is 1.51. The molecule has 1 aromatic carbocycles. The first-order valence-electron chi connectivity index (χ1n) is 5.48. The number of carbonyl (C=O) groups excluding carboxylic acids is 1. The van der Waals surface area contributed by atoms with Crippen molar-refractivity contribution in [3.05, 3.63) is 53.9 Å². The molecule has 0 aliphatic carbocycles. The van der Waals surface area contributed by atoms with Crippen molar-refractivity contribution in [3.8, 4) is 0 Å². The number of esters is 1. The number of carbonyl (C=O) groups is 1. The second-order valence-corrected chi connectivity index (χ2v) is 3.68. The number of aromatic nitrogens is 3. The molecule has 0 saturated carbocycles. The Morgan fingerprint density at radius 1 is 1.39 bits per heavy atom. The van der Waals surface area contributed by atoms with Gasteiger partial charge in [-0.1, -0.05) is 35.5 Å². The Bertz CT molecular complexity index is 546. The lowest BCUT2D eigenvalue weighted by molar-refractivity contribution is -0.134. The molecule has 92 valence electrons. The second kappa shape index (κ2) is 5.77. The van der Waals surface area contributed by atoms with Crippen LogP contribution in [-0.4, -0.2) is 28.1 Å². The summed E-state index contributed by atoms with van der Waals surface area (Å²) in [6.45, 7) is 0.653. The average Bonchev–Trinajstić information content (AvgIpc) is 2.85. The summed E-state index contributed by atoms with van der Waals surface area (Å²) in [7, 11) is 1.33. The third-order valence-corrected chi connectivity index (χ3v) is 2.34. The van der Waals surface area contributed by atoms with Crippen LogP contribution in [0.15, 0.2) is 42.6 Å². The van der Waals surface area contributed by atoms with Crippen LogP contribution in [0.4, 0.5) is 0 Å². The van der Waals surface area contributed by atoms with Crippen LogP contribution >= 0.6 is 0 Å². The molecule has 5 heteroatoms. The molecule has 0 aliphatic heterocycles. The van der Waals surface area contributed by atoms with Crippen LogP contribution in [0.2, 0.25) is 0 Å². The summed E-state index contributed by atoms with van der Waals surface area (Å²) in [4.78, 5) is 10.9. The van der Waals surface area contributed by atoms with Gasteiger partial charge in [0.05, 0.1) is 19.9 Å². The summed E-state index contributed by atoms with van der Waals surface area (Å²) in [5.41, 5.74) is 1.77. The lowest BCUT2D eigenvalue weighted by Crippen LogP contribution is -1.99. The van der Waals surface area contributed by atoms with Gasteiger partial charge in [-0.05, 0) is 11.6 Å². The van der Waals surface area contributed by atoms with Crippen molar-refractivity contribution in [2.75, 3.05) is 7.11 Å². The molecule has 0 N–H and O–H groups in total. The summed E-state index contributed by atoms with van der Waals surface area (Å²) in [5.74, 6) is -0.410. The molecule has 0 unspecified atom stereocenters. The Balaban J connectivity index is 2.02. The molecule has 0 aliphatic rings. The van der Waals surface area contributed by atoms with E-state index in [-0.39, 0.29) is 0 Å².